The molecule has 3 aliphatic rings. The van der Waals surface area contributed by atoms with E-state index in [4.69, 9.17) is 5.41 Å². The maximum atomic E-state index is 13.5. The highest BCUT2D eigenvalue weighted by Gasteiger charge is 2.49. The molecule has 2 aromatic carbocycles. The van der Waals surface area contributed by atoms with Crippen LogP contribution in [0, 0.1) is 17.2 Å². The van der Waals surface area contributed by atoms with Crippen molar-refractivity contribution < 1.29 is 9.59 Å². The molecular formula is C32H42N4O2. The van der Waals surface area contributed by atoms with Crippen LogP contribution in [-0.2, 0) is 4.79 Å². The lowest BCUT2D eigenvalue weighted by atomic mass is 9.74. The highest BCUT2D eigenvalue weighted by atomic mass is 16.2. The molecule has 0 bridgehead atoms. The predicted octanol–water partition coefficient (Wildman–Crippen LogP) is 6.13. The lowest BCUT2D eigenvalue weighted by molar-refractivity contribution is -0.131. The third-order valence-electron chi connectivity index (χ3n) is 9.12. The van der Waals surface area contributed by atoms with Gasteiger partial charge in [-0.15, -0.1) is 0 Å². The summed E-state index contributed by atoms with van der Waals surface area (Å²) in [6.07, 6.45) is 13.0. The summed E-state index contributed by atoms with van der Waals surface area (Å²) >= 11 is 0. The van der Waals surface area contributed by atoms with E-state index in [-0.39, 0.29) is 23.8 Å². The lowest BCUT2D eigenvalue weighted by Gasteiger charge is -2.37. The van der Waals surface area contributed by atoms with Crippen LogP contribution in [0.2, 0.25) is 0 Å². The molecule has 3 N–H and O–H groups in total. The fraction of sp³-hybridized carbons (Fsp3) is 0.531. The molecule has 38 heavy (non-hydrogen) atoms. The Hall–Kier alpha value is -3.15. The highest BCUT2D eigenvalue weighted by Crippen LogP contribution is 2.38. The molecule has 2 amide bonds. The first-order valence-corrected chi connectivity index (χ1v) is 14.6. The van der Waals surface area contributed by atoms with Gasteiger partial charge in [-0.2, -0.15) is 0 Å². The van der Waals surface area contributed by atoms with E-state index in [2.05, 4.69) is 10.6 Å². The van der Waals surface area contributed by atoms with Crippen molar-refractivity contribution in [3.8, 4) is 11.1 Å². The van der Waals surface area contributed by atoms with Crippen LogP contribution in [0.4, 0.5) is 0 Å². The summed E-state index contributed by atoms with van der Waals surface area (Å²) in [5, 5.41) is 15.0. The van der Waals surface area contributed by atoms with Crippen molar-refractivity contribution in [2.45, 2.75) is 88.6 Å². The summed E-state index contributed by atoms with van der Waals surface area (Å²) < 4.78 is 0. The zero-order chi connectivity index (χ0) is 26.5. The average molecular weight is 515 g/mol. The van der Waals surface area contributed by atoms with E-state index in [0.717, 1.165) is 56.1 Å². The lowest BCUT2D eigenvalue weighted by Crippen LogP contribution is -2.50. The maximum absolute atomic E-state index is 13.5. The fourth-order valence-corrected chi connectivity index (χ4v) is 7.04. The molecule has 3 atom stereocenters. The Labute approximate surface area is 227 Å². The number of carbonyl (C=O) groups is 2. The molecule has 2 aromatic rings. The van der Waals surface area contributed by atoms with Crippen molar-refractivity contribution in [3.63, 3.8) is 0 Å². The number of rotatable bonds is 8. The predicted molar refractivity (Wildman–Crippen MR) is 152 cm³/mol. The molecule has 5 rings (SSSR count). The van der Waals surface area contributed by atoms with Gasteiger partial charge < -0.3 is 10.6 Å². The van der Waals surface area contributed by atoms with Gasteiger partial charge in [-0.3, -0.25) is 19.9 Å². The average Bonchev–Trinajstić information content (AvgIpc) is 3.16. The Morgan fingerprint density at radius 2 is 1.68 bits per heavy atom. The highest BCUT2D eigenvalue weighted by molar-refractivity contribution is 6.07. The number of hydrogen-bond donors (Lipinski definition) is 3. The standard InChI is InChI=1S/C32H42N4O2/c1-36-30(38)32(35-31(36)33,20-19-23-11-4-2-5-12-23)22-24-13-10-16-26(21-24)34-29(37)28-18-9-8-17-27(28)25-14-6-3-7-15-25/h3,6-9,14-15,17-18,23-24,26H,2,4-5,10-13,16,19-22H2,1H3,(H2,33,35)(H,34,37)/t24-,26+,32+/m0/s1. The molecule has 3 fully saturated rings. The van der Waals surface area contributed by atoms with Gasteiger partial charge in [-0.1, -0.05) is 93.5 Å². The zero-order valence-corrected chi connectivity index (χ0v) is 22.7. The summed E-state index contributed by atoms with van der Waals surface area (Å²) in [7, 11) is 1.72. The van der Waals surface area contributed by atoms with Crippen LogP contribution >= 0.6 is 0 Å². The first-order chi connectivity index (χ1) is 18.4. The summed E-state index contributed by atoms with van der Waals surface area (Å²) in [5.74, 6) is 1.26. The van der Waals surface area contributed by atoms with Gasteiger partial charge in [0, 0.05) is 18.7 Å². The van der Waals surface area contributed by atoms with Gasteiger partial charge in [-0.05, 0) is 61.1 Å². The monoisotopic (exact) mass is 514 g/mol. The minimum Gasteiger partial charge on any atom is -0.349 e. The van der Waals surface area contributed by atoms with Gasteiger partial charge >= 0.3 is 0 Å². The van der Waals surface area contributed by atoms with Crippen LogP contribution in [0.3, 0.4) is 0 Å². The second-order valence-electron chi connectivity index (χ2n) is 11.8. The molecule has 0 spiro atoms. The van der Waals surface area contributed by atoms with Gasteiger partial charge in [0.2, 0.25) is 0 Å². The van der Waals surface area contributed by atoms with Crippen LogP contribution in [0.1, 0.15) is 87.4 Å². The molecule has 0 unspecified atom stereocenters. The number of nitrogens with one attached hydrogen (secondary N) is 3. The summed E-state index contributed by atoms with van der Waals surface area (Å²) in [5.41, 5.74) is 2.01. The Kier molecular flexibility index (Phi) is 8.15. The van der Waals surface area contributed by atoms with E-state index in [1.165, 1.54) is 37.0 Å². The molecule has 1 saturated heterocycles. The molecule has 6 nitrogen and oxygen atoms in total. The number of guanidine groups is 1. The third kappa shape index (κ3) is 5.79. The first kappa shape index (κ1) is 26.5. The number of amides is 2. The first-order valence-electron chi connectivity index (χ1n) is 14.6. The van der Waals surface area contributed by atoms with E-state index < -0.39 is 5.54 Å². The molecule has 202 valence electrons. The normalized spacial score (nSPS) is 26.3. The van der Waals surface area contributed by atoms with E-state index >= 15 is 0 Å². The Morgan fingerprint density at radius 1 is 0.974 bits per heavy atom. The van der Waals surface area contributed by atoms with Gasteiger partial charge in [0.15, 0.2) is 5.96 Å². The summed E-state index contributed by atoms with van der Waals surface area (Å²) in [6, 6.07) is 17.9. The van der Waals surface area contributed by atoms with E-state index in [1.807, 2.05) is 54.6 Å². The maximum Gasteiger partial charge on any atom is 0.254 e. The van der Waals surface area contributed by atoms with Gasteiger partial charge in [-0.25, -0.2) is 0 Å². The number of nitrogens with zero attached hydrogens (tertiary/aromatic N) is 1. The van der Waals surface area contributed by atoms with Crippen molar-refractivity contribution in [1.29, 1.82) is 5.41 Å². The molecule has 2 aliphatic carbocycles. The Morgan fingerprint density at radius 3 is 2.42 bits per heavy atom. The van der Waals surface area contributed by atoms with E-state index in [1.54, 1.807) is 7.05 Å². The van der Waals surface area contributed by atoms with Crippen molar-refractivity contribution in [3.05, 3.63) is 60.2 Å². The SMILES string of the molecule is CN1C(=N)N[C@](CCC2CCCCC2)(C[C@H]2CCC[C@@H](NC(=O)c3ccccc3-c3ccccc3)C2)C1=O. The number of likely N-dealkylation sites (N-methyl/N-ethyl adjacent to an activating group) is 1. The fourth-order valence-electron chi connectivity index (χ4n) is 7.04. The Balaban J connectivity index is 1.26. The van der Waals surface area contributed by atoms with Gasteiger partial charge in [0.1, 0.15) is 5.54 Å². The third-order valence-corrected chi connectivity index (χ3v) is 9.12. The number of benzene rings is 2. The second-order valence-corrected chi connectivity index (χ2v) is 11.8. The quantitative estimate of drug-likeness (QED) is 0.396. The number of hydrogen-bond acceptors (Lipinski definition) is 3. The summed E-state index contributed by atoms with van der Waals surface area (Å²) in [6.45, 7) is 0. The Bertz CT molecular complexity index is 1140. The molecule has 6 heteroatoms. The number of carbonyl (C=O) groups excluding carboxylic acids is 2. The minimum absolute atomic E-state index is 0.0290. The van der Waals surface area contributed by atoms with Crippen LogP contribution in [0.25, 0.3) is 11.1 Å². The summed E-state index contributed by atoms with van der Waals surface area (Å²) in [4.78, 5) is 28.4. The largest absolute Gasteiger partial charge is 0.349 e. The van der Waals surface area contributed by atoms with Crippen molar-refractivity contribution >= 4 is 17.8 Å². The molecule has 1 heterocycles. The smallest absolute Gasteiger partial charge is 0.254 e. The minimum atomic E-state index is -0.681. The van der Waals surface area contributed by atoms with Crippen LogP contribution in [-0.4, -0.2) is 41.3 Å². The molecule has 0 radical (unpaired) electrons. The van der Waals surface area contributed by atoms with E-state index in [9.17, 15) is 9.59 Å². The van der Waals surface area contributed by atoms with Gasteiger partial charge in [0.05, 0.1) is 0 Å². The van der Waals surface area contributed by atoms with Crippen molar-refractivity contribution in [2.75, 3.05) is 7.05 Å². The molecular weight excluding hydrogens is 472 g/mol. The second kappa shape index (κ2) is 11.7. The molecule has 0 aromatic heterocycles. The van der Waals surface area contributed by atoms with Gasteiger partial charge in [0.25, 0.3) is 11.8 Å². The van der Waals surface area contributed by atoms with E-state index in [0.29, 0.717) is 17.4 Å². The molecule has 1 aliphatic heterocycles. The molecule has 2 saturated carbocycles. The topological polar surface area (TPSA) is 85.3 Å². The zero-order valence-electron chi connectivity index (χ0n) is 22.7. The van der Waals surface area contributed by atoms with Crippen LogP contribution < -0.4 is 10.6 Å². The van der Waals surface area contributed by atoms with Crippen LogP contribution in [0.5, 0.6) is 0 Å². The van der Waals surface area contributed by atoms with Crippen molar-refractivity contribution in [2.24, 2.45) is 11.8 Å². The van der Waals surface area contributed by atoms with Crippen LogP contribution in [0.15, 0.2) is 54.6 Å². The van der Waals surface area contributed by atoms with Crippen molar-refractivity contribution in [1.82, 2.24) is 15.5 Å².